The molecule has 6 heteroatoms. The van der Waals surface area contributed by atoms with Gasteiger partial charge < -0.3 is 14.7 Å². The second-order valence-electron chi connectivity index (χ2n) is 5.73. The molecule has 0 fully saturated rings. The molecule has 124 valence electrons. The Labute approximate surface area is 136 Å². The number of carbonyl (C=O) groups excluding carboxylic acids is 2. The van der Waals surface area contributed by atoms with Gasteiger partial charge in [0, 0.05) is 20.6 Å². The van der Waals surface area contributed by atoms with Crippen molar-refractivity contribution in [2.24, 2.45) is 0 Å². The van der Waals surface area contributed by atoms with Crippen LogP contribution in [-0.2, 0) is 9.59 Å². The molecule has 1 aliphatic heterocycles. The molecule has 6 nitrogen and oxygen atoms in total. The van der Waals surface area contributed by atoms with Crippen LogP contribution in [0.25, 0.3) is 5.57 Å². The van der Waals surface area contributed by atoms with Crippen LogP contribution in [0.15, 0.2) is 30.0 Å². The van der Waals surface area contributed by atoms with E-state index >= 15 is 0 Å². The zero-order valence-corrected chi connectivity index (χ0v) is 13.9. The van der Waals surface area contributed by atoms with E-state index in [1.54, 1.807) is 36.2 Å². The summed E-state index contributed by atoms with van der Waals surface area (Å²) in [5, 5.41) is 9.10. The summed E-state index contributed by atoms with van der Waals surface area (Å²) in [6, 6.07) is 7.10. The molecule has 0 unspecified atom stereocenters. The van der Waals surface area contributed by atoms with Crippen molar-refractivity contribution in [2.75, 3.05) is 27.2 Å². The molecule has 0 saturated heterocycles. The molecule has 1 N–H and O–H groups in total. The van der Waals surface area contributed by atoms with Gasteiger partial charge in [-0.05, 0) is 31.5 Å². The van der Waals surface area contributed by atoms with Gasteiger partial charge in [0.25, 0.3) is 11.8 Å². The normalized spacial score (nSPS) is 15.0. The van der Waals surface area contributed by atoms with Gasteiger partial charge in [0.1, 0.15) is 11.4 Å². The molecule has 1 aliphatic rings. The van der Waals surface area contributed by atoms with Crippen LogP contribution in [-0.4, -0.2) is 60.1 Å². The fourth-order valence-electron chi connectivity index (χ4n) is 2.48. The van der Waals surface area contributed by atoms with E-state index in [0.717, 1.165) is 4.90 Å². The van der Waals surface area contributed by atoms with Crippen LogP contribution in [0.3, 0.4) is 0 Å². The number of aliphatic hydroxyl groups is 1. The van der Waals surface area contributed by atoms with Crippen LogP contribution in [0.1, 0.15) is 19.4 Å². The molecule has 1 aromatic carbocycles. The Hall–Kier alpha value is -2.34. The van der Waals surface area contributed by atoms with E-state index in [0.29, 0.717) is 22.6 Å². The minimum atomic E-state index is -0.358. The lowest BCUT2D eigenvalue weighted by Gasteiger charge is -2.19. The molecule has 23 heavy (non-hydrogen) atoms. The summed E-state index contributed by atoms with van der Waals surface area (Å²) in [6.45, 7) is 4.05. The number of hydrogen-bond acceptors (Lipinski definition) is 5. The van der Waals surface area contributed by atoms with Crippen LogP contribution in [0.5, 0.6) is 5.75 Å². The summed E-state index contributed by atoms with van der Waals surface area (Å²) >= 11 is 0. The van der Waals surface area contributed by atoms with Gasteiger partial charge in [0.05, 0.1) is 18.3 Å². The van der Waals surface area contributed by atoms with Gasteiger partial charge in [0.15, 0.2) is 0 Å². The maximum atomic E-state index is 12.4. The highest BCUT2D eigenvalue weighted by molar-refractivity contribution is 6.35. The number of rotatable bonds is 6. The van der Waals surface area contributed by atoms with Gasteiger partial charge in [-0.2, -0.15) is 0 Å². The number of aliphatic hydroxyl groups excluding tert-OH is 1. The molecule has 0 radical (unpaired) electrons. The second-order valence-corrected chi connectivity index (χ2v) is 5.73. The lowest BCUT2D eigenvalue weighted by atomic mass is 10.0. The van der Waals surface area contributed by atoms with Crippen LogP contribution < -0.4 is 4.74 Å². The Bertz CT molecular complexity index is 634. The molecule has 0 atom stereocenters. The largest absolute Gasteiger partial charge is 0.491 e. The van der Waals surface area contributed by atoms with Gasteiger partial charge in [-0.15, -0.1) is 0 Å². The first-order valence-electron chi connectivity index (χ1n) is 7.52. The topological polar surface area (TPSA) is 70.1 Å². The highest BCUT2D eigenvalue weighted by Gasteiger charge is 2.38. The summed E-state index contributed by atoms with van der Waals surface area (Å²) < 4.78 is 5.59. The van der Waals surface area contributed by atoms with E-state index in [4.69, 9.17) is 9.84 Å². The zero-order valence-electron chi connectivity index (χ0n) is 13.9. The third kappa shape index (κ3) is 3.37. The molecule has 0 bridgehead atoms. The Morgan fingerprint density at radius 1 is 1.17 bits per heavy atom. The summed E-state index contributed by atoms with van der Waals surface area (Å²) in [7, 11) is 3.15. The SMILES string of the molecule is CC(C)Oc1ccc(C2=C(N(C)CCO)C(=O)N(C)C2=O)cc1. The minimum Gasteiger partial charge on any atom is -0.491 e. The second kappa shape index (κ2) is 6.83. The highest BCUT2D eigenvalue weighted by Crippen LogP contribution is 2.31. The number of hydrogen-bond donors (Lipinski definition) is 1. The van der Waals surface area contributed by atoms with E-state index in [1.165, 1.54) is 7.05 Å². The molecular formula is C17H22N2O4. The third-order valence-corrected chi connectivity index (χ3v) is 3.59. The number of benzene rings is 1. The third-order valence-electron chi connectivity index (χ3n) is 3.59. The molecule has 0 saturated carbocycles. The smallest absolute Gasteiger partial charge is 0.277 e. The van der Waals surface area contributed by atoms with E-state index in [2.05, 4.69) is 0 Å². The van der Waals surface area contributed by atoms with Gasteiger partial charge in [-0.25, -0.2) is 0 Å². The van der Waals surface area contributed by atoms with Crippen molar-refractivity contribution in [3.63, 3.8) is 0 Å². The number of nitrogens with zero attached hydrogens (tertiary/aromatic N) is 2. The number of carbonyl (C=O) groups is 2. The highest BCUT2D eigenvalue weighted by atomic mass is 16.5. The van der Waals surface area contributed by atoms with Gasteiger partial charge in [-0.3, -0.25) is 14.5 Å². The first kappa shape index (κ1) is 17.0. The molecule has 1 aromatic rings. The van der Waals surface area contributed by atoms with Crippen LogP contribution >= 0.6 is 0 Å². The molecule has 0 aromatic heterocycles. The lowest BCUT2D eigenvalue weighted by Crippen LogP contribution is -2.31. The van der Waals surface area contributed by atoms with E-state index < -0.39 is 0 Å². The van der Waals surface area contributed by atoms with E-state index in [9.17, 15) is 9.59 Å². The maximum Gasteiger partial charge on any atom is 0.277 e. The summed E-state index contributed by atoms with van der Waals surface area (Å²) in [5.41, 5.74) is 1.32. The zero-order chi connectivity index (χ0) is 17.1. The molecule has 0 aliphatic carbocycles. The van der Waals surface area contributed by atoms with E-state index in [-0.39, 0.29) is 31.1 Å². The number of likely N-dealkylation sites (N-methyl/N-ethyl adjacent to an activating group) is 2. The number of ether oxygens (including phenoxy) is 1. The number of imide groups is 1. The van der Waals surface area contributed by atoms with Crippen molar-refractivity contribution in [1.29, 1.82) is 0 Å². The van der Waals surface area contributed by atoms with Gasteiger partial charge in [-0.1, -0.05) is 12.1 Å². The molecular weight excluding hydrogens is 296 g/mol. The fraction of sp³-hybridized carbons (Fsp3) is 0.412. The molecule has 2 rings (SSSR count). The Morgan fingerprint density at radius 2 is 1.78 bits per heavy atom. The van der Waals surface area contributed by atoms with Crippen LogP contribution in [0, 0.1) is 0 Å². The predicted octanol–water partition coefficient (Wildman–Crippen LogP) is 1.11. The Balaban J connectivity index is 2.43. The van der Waals surface area contributed by atoms with Crippen molar-refractivity contribution in [2.45, 2.75) is 20.0 Å². The van der Waals surface area contributed by atoms with E-state index in [1.807, 2.05) is 13.8 Å². The average Bonchev–Trinajstić information content (AvgIpc) is 2.72. The summed E-state index contributed by atoms with van der Waals surface area (Å²) in [5.74, 6) is 0.00974. The van der Waals surface area contributed by atoms with Gasteiger partial charge in [0.2, 0.25) is 0 Å². The van der Waals surface area contributed by atoms with Crippen LogP contribution in [0.2, 0.25) is 0 Å². The predicted molar refractivity (Wildman–Crippen MR) is 86.6 cm³/mol. The summed E-state index contributed by atoms with van der Waals surface area (Å²) in [6.07, 6.45) is 0.0622. The average molecular weight is 318 g/mol. The minimum absolute atomic E-state index is 0.0622. The quantitative estimate of drug-likeness (QED) is 0.796. The van der Waals surface area contributed by atoms with Crippen molar-refractivity contribution in [3.8, 4) is 5.75 Å². The first-order valence-corrected chi connectivity index (χ1v) is 7.52. The van der Waals surface area contributed by atoms with Crippen molar-refractivity contribution in [1.82, 2.24) is 9.80 Å². The lowest BCUT2D eigenvalue weighted by molar-refractivity contribution is -0.135. The fourth-order valence-corrected chi connectivity index (χ4v) is 2.48. The van der Waals surface area contributed by atoms with Crippen LogP contribution in [0.4, 0.5) is 0 Å². The first-order chi connectivity index (χ1) is 10.9. The molecule has 2 amide bonds. The standard InChI is InChI=1S/C17H22N2O4/c1-11(2)23-13-7-5-12(6-8-13)14-15(18(3)9-10-20)17(22)19(4)16(14)21/h5-8,11,20H,9-10H2,1-4H3. The Morgan fingerprint density at radius 3 is 2.30 bits per heavy atom. The van der Waals surface area contributed by atoms with Crippen molar-refractivity contribution >= 4 is 17.4 Å². The monoisotopic (exact) mass is 318 g/mol. The van der Waals surface area contributed by atoms with Crippen molar-refractivity contribution < 1.29 is 19.4 Å². The maximum absolute atomic E-state index is 12.4. The van der Waals surface area contributed by atoms with Gasteiger partial charge >= 0.3 is 0 Å². The Kier molecular flexibility index (Phi) is 5.05. The van der Waals surface area contributed by atoms with Crippen molar-refractivity contribution in [3.05, 3.63) is 35.5 Å². The number of amides is 2. The molecule has 1 heterocycles. The summed E-state index contributed by atoms with van der Waals surface area (Å²) in [4.78, 5) is 27.5. The molecule has 0 spiro atoms.